The summed E-state index contributed by atoms with van der Waals surface area (Å²) in [6.45, 7) is 5.65. The summed E-state index contributed by atoms with van der Waals surface area (Å²) in [5.41, 5.74) is 3.71. The highest BCUT2D eigenvalue weighted by Crippen LogP contribution is 2.32. The summed E-state index contributed by atoms with van der Waals surface area (Å²) < 4.78 is 0. The van der Waals surface area contributed by atoms with Gasteiger partial charge in [-0.1, -0.05) is 43.3 Å². The molecular formula is C25H27N5O. The molecular weight excluding hydrogens is 386 g/mol. The van der Waals surface area contributed by atoms with Crippen LogP contribution < -0.4 is 15.1 Å². The molecule has 1 fully saturated rings. The molecule has 6 heteroatoms. The molecule has 2 aromatic carbocycles. The van der Waals surface area contributed by atoms with E-state index in [0.29, 0.717) is 29.7 Å². The highest BCUT2D eigenvalue weighted by atomic mass is 16.1. The van der Waals surface area contributed by atoms with Gasteiger partial charge in [-0.2, -0.15) is 4.98 Å². The van der Waals surface area contributed by atoms with Crippen LogP contribution in [0.5, 0.6) is 0 Å². The quantitative estimate of drug-likeness (QED) is 0.688. The number of hydrogen-bond acceptors (Lipinski definition) is 6. The van der Waals surface area contributed by atoms with E-state index in [1.807, 2.05) is 36.4 Å². The molecule has 158 valence electrons. The van der Waals surface area contributed by atoms with Crippen LogP contribution >= 0.6 is 0 Å². The molecule has 1 aliphatic heterocycles. The molecule has 6 nitrogen and oxygen atoms in total. The van der Waals surface area contributed by atoms with E-state index in [1.165, 1.54) is 5.69 Å². The lowest BCUT2D eigenvalue weighted by atomic mass is 9.87. The minimum Gasteiger partial charge on any atom is -0.368 e. The number of fused-ring (bicyclic) bond motifs is 1. The Morgan fingerprint density at radius 2 is 1.48 bits per heavy atom. The van der Waals surface area contributed by atoms with Crippen LogP contribution in [0.15, 0.2) is 60.7 Å². The number of carbonyl (C=O) groups excluding carboxylic acids is 1. The minimum absolute atomic E-state index is 0.132. The molecule has 0 amide bonds. The molecule has 0 spiro atoms. The molecule has 1 N–H and O–H groups in total. The molecule has 1 unspecified atom stereocenters. The van der Waals surface area contributed by atoms with Crippen molar-refractivity contribution < 1.29 is 4.79 Å². The Balaban J connectivity index is 1.43. The first kappa shape index (κ1) is 19.5. The molecule has 0 radical (unpaired) electrons. The Morgan fingerprint density at radius 3 is 2.19 bits per heavy atom. The number of para-hydroxylation sites is 2. The fourth-order valence-corrected chi connectivity index (χ4v) is 4.45. The predicted molar refractivity (Wildman–Crippen MR) is 124 cm³/mol. The Hall–Kier alpha value is -3.41. The molecule has 0 saturated carbocycles. The van der Waals surface area contributed by atoms with Gasteiger partial charge in [-0.3, -0.25) is 4.79 Å². The lowest BCUT2D eigenvalue weighted by Crippen LogP contribution is -2.47. The Bertz CT molecular complexity index is 1060. The number of hydrogen-bond donors (Lipinski definition) is 1. The first-order chi connectivity index (χ1) is 15.2. The Kier molecular flexibility index (Phi) is 5.28. The van der Waals surface area contributed by atoms with Crippen LogP contribution in [0.25, 0.3) is 0 Å². The number of rotatable bonds is 4. The molecule has 1 saturated heterocycles. The number of nitrogens with zero attached hydrogens (tertiary/aromatic N) is 4. The van der Waals surface area contributed by atoms with Crippen molar-refractivity contribution in [2.75, 3.05) is 41.3 Å². The predicted octanol–water partition coefficient (Wildman–Crippen LogP) is 4.31. The summed E-state index contributed by atoms with van der Waals surface area (Å²) in [5.74, 6) is 1.79. The highest BCUT2D eigenvalue weighted by molar-refractivity contribution is 6.03. The lowest BCUT2D eigenvalue weighted by molar-refractivity contribution is 0.0952. The van der Waals surface area contributed by atoms with Gasteiger partial charge >= 0.3 is 0 Å². The van der Waals surface area contributed by atoms with Crippen LogP contribution in [0.2, 0.25) is 0 Å². The summed E-state index contributed by atoms with van der Waals surface area (Å²) in [4.78, 5) is 27.2. The van der Waals surface area contributed by atoms with Crippen molar-refractivity contribution in [3.05, 3.63) is 71.9 Å². The van der Waals surface area contributed by atoms with Crippen molar-refractivity contribution in [2.45, 2.75) is 19.8 Å². The second-order valence-corrected chi connectivity index (χ2v) is 8.43. The van der Waals surface area contributed by atoms with Crippen LogP contribution in [0.1, 0.15) is 29.4 Å². The smallest absolute Gasteiger partial charge is 0.227 e. The molecule has 31 heavy (non-hydrogen) atoms. The number of nitrogens with one attached hydrogen (secondary N) is 1. The van der Waals surface area contributed by atoms with Crippen molar-refractivity contribution >= 4 is 28.9 Å². The zero-order chi connectivity index (χ0) is 21.2. The largest absolute Gasteiger partial charge is 0.368 e. The first-order valence-electron chi connectivity index (χ1n) is 11.0. The maximum Gasteiger partial charge on any atom is 0.227 e. The van der Waals surface area contributed by atoms with Crippen LogP contribution in [0, 0.1) is 5.92 Å². The summed E-state index contributed by atoms with van der Waals surface area (Å²) in [5, 5.41) is 3.38. The second kappa shape index (κ2) is 8.38. The van der Waals surface area contributed by atoms with Gasteiger partial charge < -0.3 is 15.1 Å². The zero-order valence-electron chi connectivity index (χ0n) is 17.8. The summed E-state index contributed by atoms with van der Waals surface area (Å²) >= 11 is 0. The number of Topliss-reactive ketones (excluding diaryl/α,β-unsaturated/α-hetero) is 1. The third-order valence-corrected chi connectivity index (χ3v) is 6.05. The van der Waals surface area contributed by atoms with Gasteiger partial charge in [-0.05, 0) is 36.6 Å². The number of anilines is 4. The number of aromatic nitrogens is 2. The van der Waals surface area contributed by atoms with E-state index in [0.717, 1.165) is 44.0 Å². The van der Waals surface area contributed by atoms with Crippen LogP contribution in [-0.2, 0) is 6.42 Å². The van der Waals surface area contributed by atoms with E-state index in [-0.39, 0.29) is 5.78 Å². The third-order valence-electron chi connectivity index (χ3n) is 6.05. The van der Waals surface area contributed by atoms with Gasteiger partial charge in [0.2, 0.25) is 5.95 Å². The molecule has 2 aliphatic rings. The van der Waals surface area contributed by atoms with E-state index < -0.39 is 0 Å². The van der Waals surface area contributed by atoms with E-state index in [1.54, 1.807) is 0 Å². The fraction of sp³-hybridized carbons (Fsp3) is 0.320. The van der Waals surface area contributed by atoms with Gasteiger partial charge in [0.15, 0.2) is 5.78 Å². The zero-order valence-corrected chi connectivity index (χ0v) is 17.8. The summed E-state index contributed by atoms with van der Waals surface area (Å²) in [7, 11) is 0. The number of benzene rings is 2. The molecule has 1 aliphatic carbocycles. The van der Waals surface area contributed by atoms with Gasteiger partial charge in [0.1, 0.15) is 5.82 Å². The number of piperazine rings is 1. The maximum atomic E-state index is 12.9. The Morgan fingerprint density at radius 1 is 0.839 bits per heavy atom. The molecule has 5 rings (SSSR count). The average Bonchev–Trinajstić information content (AvgIpc) is 2.80. The van der Waals surface area contributed by atoms with E-state index >= 15 is 0 Å². The maximum absolute atomic E-state index is 12.9. The van der Waals surface area contributed by atoms with Gasteiger partial charge in [-0.15, -0.1) is 0 Å². The second-order valence-electron chi connectivity index (χ2n) is 8.43. The number of carbonyl (C=O) groups is 1. The molecule has 2 heterocycles. The molecule has 3 aromatic rings. The van der Waals surface area contributed by atoms with Gasteiger partial charge in [-0.25, -0.2) is 4.98 Å². The normalized spacial score (nSPS) is 18.6. The first-order valence-corrected chi connectivity index (χ1v) is 11.0. The van der Waals surface area contributed by atoms with Crippen molar-refractivity contribution in [3.63, 3.8) is 0 Å². The van der Waals surface area contributed by atoms with Gasteiger partial charge in [0, 0.05) is 44.0 Å². The standard InChI is InChI=1S/C25H27N5O/c1-18-16-21-23(22(31)17-18)24(26-19-8-4-2-5-9-19)28-25(27-21)30-14-12-29(13-15-30)20-10-6-3-7-11-20/h2-11,18H,12-17H2,1H3,(H,26,27,28). The van der Waals surface area contributed by atoms with Crippen molar-refractivity contribution in [1.82, 2.24) is 9.97 Å². The van der Waals surface area contributed by atoms with Gasteiger partial charge in [0.05, 0.1) is 11.3 Å². The fourth-order valence-electron chi connectivity index (χ4n) is 4.45. The van der Waals surface area contributed by atoms with Crippen LogP contribution in [0.3, 0.4) is 0 Å². The Labute approximate surface area is 182 Å². The van der Waals surface area contributed by atoms with E-state index in [9.17, 15) is 4.79 Å². The third kappa shape index (κ3) is 4.10. The molecule has 0 bridgehead atoms. The minimum atomic E-state index is 0.132. The highest BCUT2D eigenvalue weighted by Gasteiger charge is 2.30. The van der Waals surface area contributed by atoms with Crippen LogP contribution in [0.4, 0.5) is 23.1 Å². The van der Waals surface area contributed by atoms with E-state index in [4.69, 9.17) is 9.97 Å². The topological polar surface area (TPSA) is 61.4 Å². The lowest BCUT2D eigenvalue weighted by Gasteiger charge is -2.36. The monoisotopic (exact) mass is 413 g/mol. The van der Waals surface area contributed by atoms with Gasteiger partial charge in [0.25, 0.3) is 0 Å². The summed E-state index contributed by atoms with van der Waals surface area (Å²) in [6, 6.07) is 20.4. The molecule has 1 aromatic heterocycles. The van der Waals surface area contributed by atoms with Crippen molar-refractivity contribution in [3.8, 4) is 0 Å². The number of ketones is 1. The SMILES string of the molecule is CC1CC(=O)c2c(nc(N3CCN(c4ccccc4)CC3)nc2Nc2ccccc2)C1. The average molecular weight is 414 g/mol. The van der Waals surface area contributed by atoms with E-state index in [2.05, 4.69) is 46.3 Å². The molecule has 1 atom stereocenters. The summed E-state index contributed by atoms with van der Waals surface area (Å²) in [6.07, 6.45) is 1.36. The van der Waals surface area contributed by atoms with Crippen LogP contribution in [-0.4, -0.2) is 41.9 Å². The van der Waals surface area contributed by atoms with Crippen molar-refractivity contribution in [2.24, 2.45) is 5.92 Å². The van der Waals surface area contributed by atoms with Crippen molar-refractivity contribution in [1.29, 1.82) is 0 Å².